The van der Waals surface area contributed by atoms with Gasteiger partial charge in [0.05, 0.1) is 31.8 Å². The molecule has 0 N–H and O–H groups in total. The van der Waals surface area contributed by atoms with E-state index in [2.05, 4.69) is 10.1 Å². The molecule has 130 valence electrons. The summed E-state index contributed by atoms with van der Waals surface area (Å²) in [5, 5.41) is 4.52. The van der Waals surface area contributed by atoms with E-state index < -0.39 is 9.84 Å². The summed E-state index contributed by atoms with van der Waals surface area (Å²) < 4.78 is 35.6. The summed E-state index contributed by atoms with van der Waals surface area (Å²) in [6, 6.07) is 5.58. The second kappa shape index (κ2) is 6.43. The Balaban J connectivity index is 1.81. The minimum Gasteiger partial charge on any atom is -0.493 e. The molecule has 1 aliphatic heterocycles. The van der Waals surface area contributed by atoms with Crippen LogP contribution in [0.2, 0.25) is 0 Å². The van der Waals surface area contributed by atoms with Crippen LogP contribution in [-0.2, 0) is 16.3 Å². The lowest BCUT2D eigenvalue weighted by molar-refractivity contribution is 0.354. The van der Waals surface area contributed by atoms with Gasteiger partial charge in [0, 0.05) is 6.42 Å². The van der Waals surface area contributed by atoms with Crippen molar-refractivity contribution in [3.63, 3.8) is 0 Å². The average molecular weight is 351 g/mol. The van der Waals surface area contributed by atoms with E-state index in [0.29, 0.717) is 30.2 Å². The number of hydrogen-bond donors (Lipinski definition) is 0. The third kappa shape index (κ3) is 3.38. The van der Waals surface area contributed by atoms with Gasteiger partial charge in [0.25, 0.3) is 0 Å². The molecule has 2 aromatic rings. The van der Waals surface area contributed by atoms with Gasteiger partial charge in [-0.25, -0.2) is 18.1 Å². The Hall–Kier alpha value is -2.09. The number of aromatic nitrogens is 3. The molecule has 0 unspecified atom stereocenters. The SMILES string of the molecule is COc1ccc(Cc2nc(C)n([C@H]3CCS(=O)(=O)C3)n2)cc1OC. The van der Waals surface area contributed by atoms with Gasteiger partial charge < -0.3 is 9.47 Å². The molecule has 3 rings (SSSR count). The molecule has 0 aliphatic carbocycles. The van der Waals surface area contributed by atoms with Crippen molar-refractivity contribution in [1.29, 1.82) is 0 Å². The van der Waals surface area contributed by atoms with Crippen molar-refractivity contribution in [1.82, 2.24) is 14.8 Å². The van der Waals surface area contributed by atoms with Gasteiger partial charge in [0.15, 0.2) is 27.2 Å². The van der Waals surface area contributed by atoms with Crippen LogP contribution in [0.1, 0.15) is 29.7 Å². The maximum atomic E-state index is 11.7. The van der Waals surface area contributed by atoms with E-state index in [1.54, 1.807) is 18.9 Å². The molecule has 24 heavy (non-hydrogen) atoms. The molecule has 8 heteroatoms. The maximum Gasteiger partial charge on any atom is 0.161 e. The fourth-order valence-electron chi connectivity index (χ4n) is 3.02. The van der Waals surface area contributed by atoms with Gasteiger partial charge in [-0.2, -0.15) is 5.10 Å². The number of hydrogen-bond acceptors (Lipinski definition) is 6. The first kappa shape index (κ1) is 16.8. The highest BCUT2D eigenvalue weighted by Crippen LogP contribution is 2.28. The monoisotopic (exact) mass is 351 g/mol. The standard InChI is InChI=1S/C16H21N3O4S/c1-11-17-16(18-19(11)13-6-7-24(20,21)10-13)9-12-4-5-14(22-2)15(8-12)23-3/h4-5,8,13H,6-7,9-10H2,1-3H3/t13-/m0/s1. The summed E-state index contributed by atoms with van der Waals surface area (Å²) >= 11 is 0. The lowest BCUT2D eigenvalue weighted by atomic mass is 10.1. The van der Waals surface area contributed by atoms with E-state index in [0.717, 1.165) is 11.4 Å². The lowest BCUT2D eigenvalue weighted by Gasteiger charge is -2.09. The fraction of sp³-hybridized carbons (Fsp3) is 0.500. The summed E-state index contributed by atoms with van der Waals surface area (Å²) in [7, 11) is 0.248. The zero-order valence-corrected chi connectivity index (χ0v) is 14.8. The normalized spacial score (nSPS) is 19.4. The Kier molecular flexibility index (Phi) is 4.49. The molecule has 2 heterocycles. The minimum atomic E-state index is -2.95. The number of rotatable bonds is 5. The second-order valence-electron chi connectivity index (χ2n) is 5.94. The summed E-state index contributed by atoms with van der Waals surface area (Å²) in [6.45, 7) is 1.86. The lowest BCUT2D eigenvalue weighted by Crippen LogP contribution is -2.14. The summed E-state index contributed by atoms with van der Waals surface area (Å²) in [5.41, 5.74) is 1.00. The molecule has 0 saturated carbocycles. The number of methoxy groups -OCH3 is 2. The molecule has 1 aromatic heterocycles. The summed E-state index contributed by atoms with van der Waals surface area (Å²) in [6.07, 6.45) is 1.15. The molecule has 7 nitrogen and oxygen atoms in total. The van der Waals surface area contributed by atoms with Crippen LogP contribution in [0.4, 0.5) is 0 Å². The largest absolute Gasteiger partial charge is 0.493 e. The van der Waals surface area contributed by atoms with Gasteiger partial charge in [-0.15, -0.1) is 0 Å². The molecular formula is C16H21N3O4S. The van der Waals surface area contributed by atoms with Crippen LogP contribution < -0.4 is 9.47 Å². The Bertz CT molecular complexity index is 845. The predicted octanol–water partition coefficient (Wildman–Crippen LogP) is 1.55. The van der Waals surface area contributed by atoms with Crippen LogP contribution in [0.3, 0.4) is 0 Å². The van der Waals surface area contributed by atoms with Crippen LogP contribution in [-0.4, -0.2) is 48.9 Å². The quantitative estimate of drug-likeness (QED) is 0.813. The van der Waals surface area contributed by atoms with Gasteiger partial charge >= 0.3 is 0 Å². The molecule has 0 spiro atoms. The van der Waals surface area contributed by atoms with E-state index in [-0.39, 0.29) is 17.5 Å². The van der Waals surface area contributed by atoms with Crippen molar-refractivity contribution < 1.29 is 17.9 Å². The number of aryl methyl sites for hydroxylation is 1. The molecular weight excluding hydrogens is 330 g/mol. The van der Waals surface area contributed by atoms with Crippen molar-refractivity contribution >= 4 is 9.84 Å². The number of ether oxygens (including phenoxy) is 2. The first-order valence-electron chi connectivity index (χ1n) is 7.75. The molecule has 1 aliphatic rings. The van der Waals surface area contributed by atoms with Crippen LogP contribution >= 0.6 is 0 Å². The van der Waals surface area contributed by atoms with Crippen molar-refractivity contribution in [3.8, 4) is 11.5 Å². The number of sulfone groups is 1. The average Bonchev–Trinajstić information content (AvgIpc) is 3.09. The summed E-state index contributed by atoms with van der Waals surface area (Å²) in [4.78, 5) is 4.48. The van der Waals surface area contributed by atoms with Gasteiger partial charge in [-0.1, -0.05) is 6.07 Å². The fourth-order valence-corrected chi connectivity index (χ4v) is 4.71. The first-order chi connectivity index (χ1) is 11.4. The number of nitrogens with zero attached hydrogens (tertiary/aromatic N) is 3. The molecule has 1 aromatic carbocycles. The maximum absolute atomic E-state index is 11.7. The highest BCUT2D eigenvalue weighted by molar-refractivity contribution is 7.91. The molecule has 0 amide bonds. The zero-order chi connectivity index (χ0) is 17.3. The molecule has 1 saturated heterocycles. The Morgan fingerprint density at radius 1 is 1.25 bits per heavy atom. The highest BCUT2D eigenvalue weighted by atomic mass is 32.2. The van der Waals surface area contributed by atoms with E-state index in [1.807, 2.05) is 25.1 Å². The van der Waals surface area contributed by atoms with E-state index in [1.165, 1.54) is 0 Å². The molecule has 1 atom stereocenters. The predicted molar refractivity (Wildman–Crippen MR) is 89.4 cm³/mol. The van der Waals surface area contributed by atoms with Gasteiger partial charge in [0.2, 0.25) is 0 Å². The van der Waals surface area contributed by atoms with Crippen molar-refractivity contribution in [3.05, 3.63) is 35.4 Å². The molecule has 0 radical (unpaired) electrons. The van der Waals surface area contributed by atoms with Crippen LogP contribution in [0.15, 0.2) is 18.2 Å². The molecule has 1 fully saturated rings. The Morgan fingerprint density at radius 3 is 2.62 bits per heavy atom. The Morgan fingerprint density at radius 2 is 2.00 bits per heavy atom. The van der Waals surface area contributed by atoms with E-state index >= 15 is 0 Å². The highest BCUT2D eigenvalue weighted by Gasteiger charge is 2.31. The van der Waals surface area contributed by atoms with Crippen LogP contribution in [0, 0.1) is 6.92 Å². The summed E-state index contributed by atoms with van der Waals surface area (Å²) in [5.74, 6) is 3.12. The van der Waals surface area contributed by atoms with Crippen LogP contribution in [0.25, 0.3) is 0 Å². The Labute approximate surface area is 141 Å². The third-order valence-electron chi connectivity index (χ3n) is 4.21. The first-order valence-corrected chi connectivity index (χ1v) is 9.57. The topological polar surface area (TPSA) is 83.3 Å². The van der Waals surface area contributed by atoms with Crippen molar-refractivity contribution in [2.24, 2.45) is 0 Å². The van der Waals surface area contributed by atoms with Gasteiger partial charge in [0.1, 0.15) is 5.82 Å². The van der Waals surface area contributed by atoms with E-state index in [4.69, 9.17) is 9.47 Å². The number of benzene rings is 1. The zero-order valence-electron chi connectivity index (χ0n) is 14.0. The second-order valence-corrected chi connectivity index (χ2v) is 8.17. The van der Waals surface area contributed by atoms with Crippen molar-refractivity contribution in [2.45, 2.75) is 25.8 Å². The molecule has 0 bridgehead atoms. The van der Waals surface area contributed by atoms with E-state index in [9.17, 15) is 8.42 Å². The van der Waals surface area contributed by atoms with Gasteiger partial charge in [-0.3, -0.25) is 0 Å². The van der Waals surface area contributed by atoms with Crippen molar-refractivity contribution in [2.75, 3.05) is 25.7 Å². The minimum absolute atomic E-state index is 0.110. The third-order valence-corrected chi connectivity index (χ3v) is 5.96. The van der Waals surface area contributed by atoms with Gasteiger partial charge in [-0.05, 0) is 31.0 Å². The smallest absolute Gasteiger partial charge is 0.161 e. The van der Waals surface area contributed by atoms with Crippen LogP contribution in [0.5, 0.6) is 11.5 Å².